The van der Waals surface area contributed by atoms with Crippen LogP contribution in [-0.4, -0.2) is 5.78 Å². The van der Waals surface area contributed by atoms with E-state index in [1.165, 1.54) is 0 Å². The third kappa shape index (κ3) is 2.32. The average molecular weight is 188 g/mol. The first-order valence-electron chi connectivity index (χ1n) is 4.93. The van der Waals surface area contributed by atoms with Crippen LogP contribution in [0.4, 0.5) is 0 Å². The van der Waals surface area contributed by atoms with Crippen LogP contribution in [-0.2, 0) is 4.79 Å². The fourth-order valence-corrected chi connectivity index (χ4v) is 1.54. The fourth-order valence-electron chi connectivity index (χ4n) is 1.54. The summed E-state index contributed by atoms with van der Waals surface area (Å²) >= 11 is 0. The van der Waals surface area contributed by atoms with Gasteiger partial charge in [0.1, 0.15) is 0 Å². The van der Waals surface area contributed by atoms with E-state index in [1.54, 1.807) is 6.92 Å². The first-order valence-corrected chi connectivity index (χ1v) is 4.93. The van der Waals surface area contributed by atoms with Crippen LogP contribution in [0, 0.1) is 0 Å². The van der Waals surface area contributed by atoms with Crippen LogP contribution >= 0.6 is 0 Å². The normalized spacial score (nSPS) is 12.2. The Kier molecular flexibility index (Phi) is 3.63. The maximum Gasteiger partial charge on any atom is 0.155 e. The molecule has 0 fully saturated rings. The Morgan fingerprint density at radius 2 is 1.71 bits per heavy atom. The van der Waals surface area contributed by atoms with Crippen LogP contribution in [0.3, 0.4) is 0 Å². The number of benzene rings is 1. The highest BCUT2D eigenvalue weighted by Gasteiger charge is 2.06. The standard InChI is InChI=1S/C13H16O/c1-4-13(10(2)11(3)14)12-8-6-5-7-9-12/h5-9H,4H2,1-3H3. The van der Waals surface area contributed by atoms with Gasteiger partial charge in [0.05, 0.1) is 0 Å². The molecule has 1 aromatic carbocycles. The third-order valence-corrected chi connectivity index (χ3v) is 2.46. The molecule has 0 amide bonds. The minimum Gasteiger partial charge on any atom is -0.295 e. The Hall–Kier alpha value is -1.37. The molecule has 0 radical (unpaired) electrons. The number of carbonyl (C=O) groups is 1. The Bertz CT molecular complexity index is 347. The largest absolute Gasteiger partial charge is 0.295 e. The number of hydrogen-bond acceptors (Lipinski definition) is 1. The highest BCUT2D eigenvalue weighted by molar-refractivity contribution is 6.00. The lowest BCUT2D eigenvalue weighted by molar-refractivity contribution is -0.113. The number of Topliss-reactive ketones (excluding diaryl/α,β-unsaturated/α-hetero) is 1. The lowest BCUT2D eigenvalue weighted by Gasteiger charge is -2.08. The summed E-state index contributed by atoms with van der Waals surface area (Å²) in [5.74, 6) is 0.158. The number of allylic oxidation sites excluding steroid dienone is 2. The van der Waals surface area contributed by atoms with E-state index in [4.69, 9.17) is 0 Å². The SMILES string of the molecule is CCC(=C(C)C(C)=O)c1ccccc1. The predicted octanol–water partition coefficient (Wildman–Crippen LogP) is 3.46. The minimum atomic E-state index is 0.158. The zero-order chi connectivity index (χ0) is 10.6. The quantitative estimate of drug-likeness (QED) is 0.664. The first-order chi connectivity index (χ1) is 6.66. The van der Waals surface area contributed by atoms with Crippen LogP contribution in [0.5, 0.6) is 0 Å². The maximum absolute atomic E-state index is 11.3. The Balaban J connectivity index is 3.17. The van der Waals surface area contributed by atoms with E-state index in [-0.39, 0.29) is 5.78 Å². The van der Waals surface area contributed by atoms with Gasteiger partial charge in [-0.05, 0) is 37.0 Å². The molecule has 1 aromatic rings. The molecule has 1 rings (SSSR count). The van der Waals surface area contributed by atoms with Crippen molar-refractivity contribution >= 4 is 11.4 Å². The molecule has 0 bridgehead atoms. The molecule has 0 aliphatic carbocycles. The van der Waals surface area contributed by atoms with Crippen LogP contribution in [0.15, 0.2) is 35.9 Å². The molecule has 0 aliphatic heterocycles. The number of hydrogen-bond donors (Lipinski definition) is 0. The van der Waals surface area contributed by atoms with E-state index < -0.39 is 0 Å². The summed E-state index contributed by atoms with van der Waals surface area (Å²) in [4.78, 5) is 11.3. The van der Waals surface area contributed by atoms with Crippen molar-refractivity contribution in [2.75, 3.05) is 0 Å². The average Bonchev–Trinajstić information content (AvgIpc) is 2.20. The second-order valence-electron chi connectivity index (χ2n) is 3.38. The zero-order valence-electron chi connectivity index (χ0n) is 9.00. The summed E-state index contributed by atoms with van der Waals surface area (Å²) in [5, 5.41) is 0. The van der Waals surface area contributed by atoms with Gasteiger partial charge in [0, 0.05) is 0 Å². The van der Waals surface area contributed by atoms with Crippen molar-refractivity contribution in [2.24, 2.45) is 0 Å². The highest BCUT2D eigenvalue weighted by atomic mass is 16.1. The molecule has 1 nitrogen and oxygen atoms in total. The molecule has 0 atom stereocenters. The van der Waals surface area contributed by atoms with Gasteiger partial charge in [-0.25, -0.2) is 0 Å². The monoisotopic (exact) mass is 188 g/mol. The summed E-state index contributed by atoms with van der Waals surface area (Å²) in [6.45, 7) is 5.59. The Morgan fingerprint density at radius 3 is 2.14 bits per heavy atom. The second-order valence-corrected chi connectivity index (χ2v) is 3.38. The summed E-state index contributed by atoms with van der Waals surface area (Å²) in [6.07, 6.45) is 0.898. The predicted molar refractivity (Wildman–Crippen MR) is 60.0 cm³/mol. The number of rotatable bonds is 3. The molecule has 0 aromatic heterocycles. The van der Waals surface area contributed by atoms with Crippen LogP contribution < -0.4 is 0 Å². The molecule has 0 saturated heterocycles. The van der Waals surface area contributed by atoms with Gasteiger partial charge in [-0.1, -0.05) is 37.3 Å². The van der Waals surface area contributed by atoms with Gasteiger partial charge >= 0.3 is 0 Å². The summed E-state index contributed by atoms with van der Waals surface area (Å²) < 4.78 is 0. The van der Waals surface area contributed by atoms with E-state index in [0.29, 0.717) is 0 Å². The fraction of sp³-hybridized carbons (Fsp3) is 0.308. The minimum absolute atomic E-state index is 0.158. The van der Waals surface area contributed by atoms with Gasteiger partial charge in [0.25, 0.3) is 0 Å². The van der Waals surface area contributed by atoms with Gasteiger partial charge in [0.15, 0.2) is 5.78 Å². The molecular formula is C13H16O. The molecule has 0 aliphatic rings. The van der Waals surface area contributed by atoms with Crippen LogP contribution in [0.2, 0.25) is 0 Å². The van der Waals surface area contributed by atoms with Crippen molar-refractivity contribution in [1.82, 2.24) is 0 Å². The van der Waals surface area contributed by atoms with E-state index >= 15 is 0 Å². The third-order valence-electron chi connectivity index (χ3n) is 2.46. The molecule has 14 heavy (non-hydrogen) atoms. The van der Waals surface area contributed by atoms with Gasteiger partial charge in [-0.3, -0.25) is 4.79 Å². The molecule has 0 saturated carbocycles. The maximum atomic E-state index is 11.3. The van der Waals surface area contributed by atoms with E-state index in [9.17, 15) is 4.79 Å². The van der Waals surface area contributed by atoms with Crippen molar-refractivity contribution in [3.05, 3.63) is 41.5 Å². The molecule has 0 spiro atoms. The molecule has 1 heteroatoms. The van der Waals surface area contributed by atoms with Crippen LogP contribution in [0.25, 0.3) is 5.57 Å². The van der Waals surface area contributed by atoms with Crippen molar-refractivity contribution in [3.8, 4) is 0 Å². The zero-order valence-corrected chi connectivity index (χ0v) is 9.00. The lowest BCUT2D eigenvalue weighted by atomic mass is 9.97. The van der Waals surface area contributed by atoms with Crippen molar-refractivity contribution in [2.45, 2.75) is 27.2 Å². The molecule has 0 N–H and O–H groups in total. The number of carbonyl (C=O) groups excluding carboxylic acids is 1. The molecule has 0 unspecified atom stereocenters. The highest BCUT2D eigenvalue weighted by Crippen LogP contribution is 2.22. The molecule has 0 heterocycles. The summed E-state index contributed by atoms with van der Waals surface area (Å²) in [7, 11) is 0. The van der Waals surface area contributed by atoms with Crippen molar-refractivity contribution in [3.63, 3.8) is 0 Å². The van der Waals surface area contributed by atoms with Crippen molar-refractivity contribution in [1.29, 1.82) is 0 Å². The van der Waals surface area contributed by atoms with Gasteiger partial charge in [-0.15, -0.1) is 0 Å². The van der Waals surface area contributed by atoms with Crippen molar-refractivity contribution < 1.29 is 4.79 Å². The summed E-state index contributed by atoms with van der Waals surface area (Å²) in [5.41, 5.74) is 3.18. The summed E-state index contributed by atoms with van der Waals surface area (Å²) in [6, 6.07) is 10.1. The smallest absolute Gasteiger partial charge is 0.155 e. The van der Waals surface area contributed by atoms with Gasteiger partial charge in [0.2, 0.25) is 0 Å². The van der Waals surface area contributed by atoms with E-state index in [1.807, 2.05) is 37.3 Å². The first kappa shape index (κ1) is 10.7. The lowest BCUT2D eigenvalue weighted by Crippen LogP contribution is -1.97. The van der Waals surface area contributed by atoms with Gasteiger partial charge in [-0.2, -0.15) is 0 Å². The topological polar surface area (TPSA) is 17.1 Å². The second kappa shape index (κ2) is 4.75. The Labute approximate surface area is 85.5 Å². The molecular weight excluding hydrogens is 172 g/mol. The van der Waals surface area contributed by atoms with Crippen LogP contribution in [0.1, 0.15) is 32.8 Å². The van der Waals surface area contributed by atoms with Gasteiger partial charge < -0.3 is 0 Å². The van der Waals surface area contributed by atoms with E-state index in [2.05, 4.69) is 6.92 Å². The molecule has 74 valence electrons. The number of ketones is 1. The van der Waals surface area contributed by atoms with E-state index in [0.717, 1.165) is 23.1 Å². The Morgan fingerprint density at radius 1 is 1.14 bits per heavy atom.